The third-order valence-electron chi connectivity index (χ3n) is 5.07. The van der Waals surface area contributed by atoms with Crippen LogP contribution in [0.5, 0.6) is 0 Å². The van der Waals surface area contributed by atoms with E-state index in [4.69, 9.17) is 0 Å². The fourth-order valence-electron chi connectivity index (χ4n) is 3.44. The molecule has 0 unspecified atom stereocenters. The molecule has 0 heterocycles. The van der Waals surface area contributed by atoms with Crippen LogP contribution in [-0.2, 0) is 19.2 Å². The maximum Gasteiger partial charge on any atom is 0.243 e. The molecule has 3 atom stereocenters. The Bertz CT molecular complexity index is 575. The quantitative estimate of drug-likeness (QED) is 0.342. The fraction of sp³-hybridized carbons (Fsp3) is 0.833. The van der Waals surface area contributed by atoms with Crippen molar-refractivity contribution in [2.24, 2.45) is 11.8 Å². The Labute approximate surface area is 188 Å². The first-order valence-electron chi connectivity index (χ1n) is 11.9. The van der Waals surface area contributed by atoms with Crippen molar-refractivity contribution >= 4 is 23.5 Å². The summed E-state index contributed by atoms with van der Waals surface area (Å²) >= 11 is 0. The highest BCUT2D eigenvalue weighted by Gasteiger charge is 2.29. The van der Waals surface area contributed by atoms with Crippen molar-refractivity contribution in [2.45, 2.75) is 118 Å². The molecule has 7 nitrogen and oxygen atoms in total. The summed E-state index contributed by atoms with van der Waals surface area (Å²) in [5.41, 5.74) is 0. The molecule has 3 N–H and O–H groups in total. The lowest BCUT2D eigenvalue weighted by atomic mass is 9.98. The average Bonchev–Trinajstić information content (AvgIpc) is 2.66. The van der Waals surface area contributed by atoms with E-state index < -0.39 is 18.1 Å². The maximum absolute atomic E-state index is 13.1. The average molecular weight is 440 g/mol. The third kappa shape index (κ3) is 13.2. The highest BCUT2D eigenvalue weighted by molar-refractivity contribution is 5.94. The van der Waals surface area contributed by atoms with Crippen LogP contribution < -0.4 is 16.0 Å². The van der Waals surface area contributed by atoms with Crippen LogP contribution in [0.2, 0.25) is 0 Å². The van der Waals surface area contributed by atoms with Crippen LogP contribution in [0.25, 0.3) is 0 Å². The van der Waals surface area contributed by atoms with Crippen molar-refractivity contribution in [1.29, 1.82) is 0 Å². The molecule has 0 aliphatic rings. The first kappa shape index (κ1) is 29.1. The van der Waals surface area contributed by atoms with E-state index >= 15 is 0 Å². The van der Waals surface area contributed by atoms with Crippen molar-refractivity contribution in [3.05, 3.63) is 0 Å². The highest BCUT2D eigenvalue weighted by Crippen LogP contribution is 2.11. The molecule has 0 aliphatic heterocycles. The summed E-state index contributed by atoms with van der Waals surface area (Å²) in [6.45, 7) is 13.4. The fourth-order valence-corrected chi connectivity index (χ4v) is 3.44. The lowest BCUT2D eigenvalue weighted by Crippen LogP contribution is -2.56. The van der Waals surface area contributed by atoms with Gasteiger partial charge in [0.2, 0.25) is 17.7 Å². The minimum Gasteiger partial charge on any atom is -0.345 e. The van der Waals surface area contributed by atoms with Gasteiger partial charge in [-0.05, 0) is 37.5 Å². The van der Waals surface area contributed by atoms with Gasteiger partial charge in [0.15, 0.2) is 5.78 Å². The molecule has 0 aromatic rings. The molecule has 0 rings (SSSR count). The summed E-state index contributed by atoms with van der Waals surface area (Å²) in [5, 5.41) is 8.41. The predicted molar refractivity (Wildman–Crippen MR) is 124 cm³/mol. The summed E-state index contributed by atoms with van der Waals surface area (Å²) in [6, 6.07) is -1.96. The number of ketones is 1. The molecule has 0 fully saturated rings. The van der Waals surface area contributed by atoms with Gasteiger partial charge in [-0.1, -0.05) is 60.8 Å². The van der Waals surface area contributed by atoms with Crippen molar-refractivity contribution < 1.29 is 19.2 Å². The van der Waals surface area contributed by atoms with Gasteiger partial charge in [0, 0.05) is 13.3 Å². The van der Waals surface area contributed by atoms with Gasteiger partial charge >= 0.3 is 0 Å². The molecule has 0 aromatic heterocycles. The van der Waals surface area contributed by atoms with Gasteiger partial charge in [0.25, 0.3) is 0 Å². The Kier molecular flexibility index (Phi) is 14.8. The Morgan fingerprint density at radius 2 is 1.13 bits per heavy atom. The summed E-state index contributed by atoms with van der Waals surface area (Å²) in [5.74, 6) is -0.563. The van der Waals surface area contributed by atoms with Gasteiger partial charge in [0.05, 0.1) is 6.04 Å². The predicted octanol–water partition coefficient (Wildman–Crippen LogP) is 3.50. The van der Waals surface area contributed by atoms with E-state index in [1.807, 2.05) is 41.5 Å². The third-order valence-corrected chi connectivity index (χ3v) is 5.07. The van der Waals surface area contributed by atoms with Crippen LogP contribution in [-0.4, -0.2) is 41.6 Å². The largest absolute Gasteiger partial charge is 0.345 e. The molecule has 180 valence electrons. The number of hydrogen-bond donors (Lipinski definition) is 3. The molecule has 0 spiro atoms. The summed E-state index contributed by atoms with van der Waals surface area (Å²) in [4.78, 5) is 50.1. The zero-order valence-corrected chi connectivity index (χ0v) is 20.7. The molecule has 0 saturated heterocycles. The van der Waals surface area contributed by atoms with Crippen LogP contribution >= 0.6 is 0 Å². The number of hydrogen-bond acceptors (Lipinski definition) is 4. The second-order valence-electron chi connectivity index (χ2n) is 9.35. The summed E-state index contributed by atoms with van der Waals surface area (Å²) in [7, 11) is 0. The van der Waals surface area contributed by atoms with Crippen LogP contribution in [0.3, 0.4) is 0 Å². The number of carbonyl (C=O) groups excluding carboxylic acids is 4. The summed E-state index contributed by atoms with van der Waals surface area (Å²) < 4.78 is 0. The number of Topliss-reactive ketones (excluding diaryl/α,β-unsaturated/α-hetero) is 1. The van der Waals surface area contributed by atoms with Gasteiger partial charge < -0.3 is 16.0 Å². The molecule has 7 heteroatoms. The van der Waals surface area contributed by atoms with E-state index in [0.717, 1.165) is 25.7 Å². The number of nitrogens with one attached hydrogen (secondary N) is 3. The van der Waals surface area contributed by atoms with Gasteiger partial charge in [-0.25, -0.2) is 0 Å². The van der Waals surface area contributed by atoms with E-state index in [0.29, 0.717) is 25.7 Å². The molecule has 0 bridgehead atoms. The van der Waals surface area contributed by atoms with Crippen LogP contribution in [0.15, 0.2) is 0 Å². The maximum atomic E-state index is 13.1. The Morgan fingerprint density at radius 1 is 0.677 bits per heavy atom. The van der Waals surface area contributed by atoms with Crippen LogP contribution in [0.1, 0.15) is 99.8 Å². The van der Waals surface area contributed by atoms with Gasteiger partial charge in [0.1, 0.15) is 12.1 Å². The van der Waals surface area contributed by atoms with E-state index in [1.165, 1.54) is 6.92 Å². The van der Waals surface area contributed by atoms with Crippen LogP contribution in [0.4, 0.5) is 0 Å². The molecule has 0 saturated carbocycles. The number of carbonyl (C=O) groups is 4. The number of unbranched alkanes of at least 4 members (excludes halogenated alkanes) is 2. The number of amides is 3. The monoisotopic (exact) mass is 439 g/mol. The zero-order chi connectivity index (χ0) is 24.0. The van der Waals surface area contributed by atoms with Gasteiger partial charge in [-0.3, -0.25) is 19.2 Å². The molecule has 0 aromatic carbocycles. The summed E-state index contributed by atoms with van der Waals surface area (Å²) in [6.07, 6.45) is 5.51. The molecular formula is C24H45N3O4. The van der Waals surface area contributed by atoms with Gasteiger partial charge in [-0.15, -0.1) is 0 Å². The second kappa shape index (κ2) is 15.8. The minimum absolute atomic E-state index is 0.0502. The van der Waals surface area contributed by atoms with Crippen molar-refractivity contribution in [1.82, 2.24) is 16.0 Å². The highest BCUT2D eigenvalue weighted by atomic mass is 16.2. The van der Waals surface area contributed by atoms with Crippen LogP contribution in [0, 0.1) is 11.8 Å². The molecule has 0 aliphatic carbocycles. The standard InChI is InChI=1S/C24H45N3O4/c1-8-10-12-19(22(29)13-11-9-2)26-24(31)21(15-17(5)6)27-23(30)20(14-16(3)4)25-18(7)28/h16-17,19-21H,8-15H2,1-7H3,(H,25,28)(H,26,31)(H,27,30)/t19-,20-,21-/m0/s1. The van der Waals surface area contributed by atoms with E-state index in [-0.39, 0.29) is 35.3 Å². The van der Waals surface area contributed by atoms with Gasteiger partial charge in [-0.2, -0.15) is 0 Å². The zero-order valence-electron chi connectivity index (χ0n) is 20.7. The van der Waals surface area contributed by atoms with E-state index in [1.54, 1.807) is 0 Å². The Balaban J connectivity index is 5.38. The molecule has 3 amide bonds. The van der Waals surface area contributed by atoms with Crippen molar-refractivity contribution in [3.8, 4) is 0 Å². The lowest BCUT2D eigenvalue weighted by Gasteiger charge is -2.26. The number of rotatable bonds is 16. The van der Waals surface area contributed by atoms with Crippen molar-refractivity contribution in [2.75, 3.05) is 0 Å². The molecular weight excluding hydrogens is 394 g/mol. The van der Waals surface area contributed by atoms with E-state index in [9.17, 15) is 19.2 Å². The van der Waals surface area contributed by atoms with E-state index in [2.05, 4.69) is 16.0 Å². The Morgan fingerprint density at radius 3 is 1.55 bits per heavy atom. The first-order valence-corrected chi connectivity index (χ1v) is 11.9. The SMILES string of the molecule is CCCCC(=O)[C@H](CCCC)NC(=O)[C@H](CC(C)C)NC(=O)[C@H](CC(C)C)NC(C)=O. The first-order chi connectivity index (χ1) is 14.5. The lowest BCUT2D eigenvalue weighted by molar-refractivity contribution is -0.133. The molecule has 0 radical (unpaired) electrons. The minimum atomic E-state index is -0.751. The van der Waals surface area contributed by atoms with Crippen molar-refractivity contribution in [3.63, 3.8) is 0 Å². The Hall–Kier alpha value is -1.92. The second-order valence-corrected chi connectivity index (χ2v) is 9.35. The molecule has 31 heavy (non-hydrogen) atoms. The topological polar surface area (TPSA) is 104 Å². The smallest absolute Gasteiger partial charge is 0.243 e. The normalized spacial score (nSPS) is 14.1.